The lowest BCUT2D eigenvalue weighted by Gasteiger charge is -2.25. The molecule has 0 amide bonds. The minimum absolute atomic E-state index is 0.107. The Labute approximate surface area is 98.7 Å². The third-order valence-corrected chi connectivity index (χ3v) is 3.66. The van der Waals surface area contributed by atoms with Gasteiger partial charge in [-0.3, -0.25) is 10.3 Å². The molecule has 1 aliphatic heterocycles. The molecule has 0 aromatic carbocycles. The van der Waals surface area contributed by atoms with Crippen molar-refractivity contribution in [3.63, 3.8) is 0 Å². The van der Waals surface area contributed by atoms with Crippen LogP contribution < -0.4 is 5.73 Å². The quantitative estimate of drug-likeness (QED) is 0.586. The minimum Gasteiger partial charge on any atom is -0.383 e. The van der Waals surface area contributed by atoms with Crippen molar-refractivity contribution in [3.05, 3.63) is 16.1 Å². The molecule has 0 unspecified atom stereocenters. The van der Waals surface area contributed by atoms with E-state index in [0.717, 1.165) is 49.2 Å². The second-order valence-electron chi connectivity index (χ2n) is 3.74. The summed E-state index contributed by atoms with van der Waals surface area (Å²) in [5.74, 6) is 0.107. The van der Waals surface area contributed by atoms with Gasteiger partial charge in [-0.25, -0.2) is 4.98 Å². The molecule has 3 N–H and O–H groups in total. The van der Waals surface area contributed by atoms with Crippen molar-refractivity contribution >= 4 is 17.2 Å². The summed E-state index contributed by atoms with van der Waals surface area (Å²) in [6.07, 6.45) is 2.61. The highest BCUT2D eigenvalue weighted by molar-refractivity contribution is 7.13. The third-order valence-electron chi connectivity index (χ3n) is 2.56. The van der Waals surface area contributed by atoms with Gasteiger partial charge in [0, 0.05) is 32.3 Å². The zero-order chi connectivity index (χ0) is 11.4. The van der Waals surface area contributed by atoms with Crippen LogP contribution in [0.4, 0.5) is 0 Å². The van der Waals surface area contributed by atoms with Crippen LogP contribution in [-0.2, 0) is 11.2 Å². The summed E-state index contributed by atoms with van der Waals surface area (Å²) in [6, 6.07) is 0. The van der Waals surface area contributed by atoms with Crippen molar-refractivity contribution in [2.24, 2.45) is 5.73 Å². The number of hydrogen-bond donors (Lipinski definition) is 2. The van der Waals surface area contributed by atoms with Crippen LogP contribution in [0, 0.1) is 5.41 Å². The fraction of sp³-hybridized carbons (Fsp3) is 0.600. The molecule has 2 rings (SSSR count). The molecule has 0 bridgehead atoms. The van der Waals surface area contributed by atoms with Crippen molar-refractivity contribution < 1.29 is 4.74 Å². The molecule has 0 spiro atoms. The molecule has 2 heterocycles. The molecule has 1 aliphatic rings. The van der Waals surface area contributed by atoms with E-state index in [1.54, 1.807) is 6.20 Å². The number of hydrogen-bond acceptors (Lipinski definition) is 5. The fourth-order valence-electron chi connectivity index (χ4n) is 1.63. The van der Waals surface area contributed by atoms with Crippen molar-refractivity contribution in [2.45, 2.75) is 6.42 Å². The zero-order valence-electron chi connectivity index (χ0n) is 9.11. The molecule has 6 heteroatoms. The monoisotopic (exact) mass is 240 g/mol. The van der Waals surface area contributed by atoms with Gasteiger partial charge in [0.15, 0.2) is 0 Å². The predicted molar refractivity (Wildman–Crippen MR) is 64.1 cm³/mol. The maximum Gasteiger partial charge on any atom is 0.134 e. The zero-order valence-corrected chi connectivity index (χ0v) is 9.92. The molecule has 5 nitrogen and oxygen atoms in total. The molecule has 0 aliphatic carbocycles. The van der Waals surface area contributed by atoms with Crippen LogP contribution in [0.15, 0.2) is 6.20 Å². The summed E-state index contributed by atoms with van der Waals surface area (Å²) < 4.78 is 5.29. The Morgan fingerprint density at radius 2 is 2.31 bits per heavy atom. The lowest BCUT2D eigenvalue weighted by atomic mass is 10.3. The smallest absolute Gasteiger partial charge is 0.134 e. The van der Waals surface area contributed by atoms with Crippen molar-refractivity contribution in [1.29, 1.82) is 5.41 Å². The lowest BCUT2D eigenvalue weighted by Crippen LogP contribution is -2.37. The van der Waals surface area contributed by atoms with E-state index in [0.29, 0.717) is 0 Å². The molecule has 0 atom stereocenters. The Morgan fingerprint density at radius 3 is 2.94 bits per heavy atom. The van der Waals surface area contributed by atoms with Crippen LogP contribution in [0.5, 0.6) is 0 Å². The van der Waals surface area contributed by atoms with Gasteiger partial charge in [-0.05, 0) is 0 Å². The maximum absolute atomic E-state index is 7.30. The number of nitrogens with two attached hydrogens (primary N) is 1. The van der Waals surface area contributed by atoms with Crippen LogP contribution in [0.25, 0.3) is 0 Å². The average molecular weight is 240 g/mol. The third kappa shape index (κ3) is 3.01. The van der Waals surface area contributed by atoms with Gasteiger partial charge in [0.05, 0.1) is 23.1 Å². The highest BCUT2D eigenvalue weighted by atomic mass is 32.1. The van der Waals surface area contributed by atoms with Crippen molar-refractivity contribution in [2.75, 3.05) is 32.8 Å². The number of thiazole rings is 1. The summed E-state index contributed by atoms with van der Waals surface area (Å²) in [7, 11) is 0. The Bertz CT molecular complexity index is 359. The number of rotatable bonds is 4. The molecule has 1 aromatic heterocycles. The van der Waals surface area contributed by atoms with E-state index in [2.05, 4.69) is 9.88 Å². The first-order chi connectivity index (χ1) is 7.75. The largest absolute Gasteiger partial charge is 0.383 e. The van der Waals surface area contributed by atoms with Gasteiger partial charge in [-0.1, -0.05) is 0 Å². The van der Waals surface area contributed by atoms with E-state index in [9.17, 15) is 0 Å². The van der Waals surface area contributed by atoms with Crippen LogP contribution in [0.1, 0.15) is 9.88 Å². The number of morpholine rings is 1. The van der Waals surface area contributed by atoms with E-state index >= 15 is 0 Å². The first-order valence-electron chi connectivity index (χ1n) is 5.35. The van der Waals surface area contributed by atoms with Gasteiger partial charge in [-0.2, -0.15) is 0 Å². The topological polar surface area (TPSA) is 75.2 Å². The Kier molecular flexibility index (Phi) is 3.87. The van der Waals surface area contributed by atoms with Crippen LogP contribution in [0.3, 0.4) is 0 Å². The highest BCUT2D eigenvalue weighted by Gasteiger charge is 2.11. The Balaban J connectivity index is 1.81. The van der Waals surface area contributed by atoms with E-state index < -0.39 is 0 Å². The van der Waals surface area contributed by atoms with E-state index in [4.69, 9.17) is 15.9 Å². The standard InChI is InChI=1S/C10H16N4OS/c11-10(12)8-7-13-9(16-8)1-2-14-3-5-15-6-4-14/h7H,1-6H2,(H3,11,12). The molecule has 1 aromatic rings. The summed E-state index contributed by atoms with van der Waals surface area (Å²) >= 11 is 1.51. The van der Waals surface area contributed by atoms with Gasteiger partial charge >= 0.3 is 0 Å². The highest BCUT2D eigenvalue weighted by Crippen LogP contribution is 2.13. The Hall–Kier alpha value is -0.980. The van der Waals surface area contributed by atoms with E-state index in [-0.39, 0.29) is 5.84 Å². The number of aromatic nitrogens is 1. The number of nitrogen functional groups attached to an aromatic ring is 1. The predicted octanol–water partition coefficient (Wildman–Crippen LogP) is 0.302. The SMILES string of the molecule is N=C(N)c1cnc(CCN2CCOCC2)s1. The second-order valence-corrected chi connectivity index (χ2v) is 4.85. The summed E-state index contributed by atoms with van der Waals surface area (Å²) in [6.45, 7) is 4.68. The van der Waals surface area contributed by atoms with Crippen LogP contribution >= 0.6 is 11.3 Å². The van der Waals surface area contributed by atoms with Crippen LogP contribution in [-0.4, -0.2) is 48.6 Å². The normalized spacial score (nSPS) is 17.5. The van der Waals surface area contributed by atoms with Gasteiger partial charge < -0.3 is 10.5 Å². The van der Waals surface area contributed by atoms with E-state index in [1.807, 2.05) is 0 Å². The molecule has 0 radical (unpaired) electrons. The van der Waals surface area contributed by atoms with Gasteiger partial charge in [0.1, 0.15) is 5.84 Å². The lowest BCUT2D eigenvalue weighted by molar-refractivity contribution is 0.0384. The number of amidine groups is 1. The summed E-state index contributed by atoms with van der Waals surface area (Å²) in [4.78, 5) is 7.40. The fourth-order valence-corrected chi connectivity index (χ4v) is 2.40. The average Bonchev–Trinajstić information content (AvgIpc) is 2.76. The second kappa shape index (κ2) is 5.38. The number of nitrogens with one attached hydrogen (secondary N) is 1. The van der Waals surface area contributed by atoms with E-state index in [1.165, 1.54) is 11.3 Å². The van der Waals surface area contributed by atoms with Crippen molar-refractivity contribution in [3.8, 4) is 0 Å². The first kappa shape index (κ1) is 11.5. The van der Waals surface area contributed by atoms with Gasteiger partial charge in [0.25, 0.3) is 0 Å². The molecular weight excluding hydrogens is 224 g/mol. The maximum atomic E-state index is 7.30. The molecule has 1 fully saturated rings. The van der Waals surface area contributed by atoms with Crippen molar-refractivity contribution in [1.82, 2.24) is 9.88 Å². The van der Waals surface area contributed by atoms with Crippen LogP contribution in [0.2, 0.25) is 0 Å². The number of ether oxygens (including phenoxy) is 1. The number of nitrogens with zero attached hydrogens (tertiary/aromatic N) is 2. The minimum atomic E-state index is 0.107. The summed E-state index contributed by atoms with van der Waals surface area (Å²) in [5.41, 5.74) is 5.39. The molecule has 16 heavy (non-hydrogen) atoms. The molecule has 1 saturated heterocycles. The van der Waals surface area contributed by atoms with Gasteiger partial charge in [0.2, 0.25) is 0 Å². The summed E-state index contributed by atoms with van der Waals surface area (Å²) in [5, 5.41) is 8.35. The first-order valence-corrected chi connectivity index (χ1v) is 6.16. The van der Waals surface area contributed by atoms with Gasteiger partial charge in [-0.15, -0.1) is 11.3 Å². The molecular formula is C10H16N4OS. The molecule has 0 saturated carbocycles. The molecule has 88 valence electrons. The Morgan fingerprint density at radius 1 is 1.56 bits per heavy atom.